The number of nitrogens with one attached hydrogen (secondary N) is 1. The van der Waals surface area contributed by atoms with Gasteiger partial charge in [0.05, 0.1) is 6.10 Å². The van der Waals surface area contributed by atoms with Crippen molar-refractivity contribution in [3.8, 4) is 0 Å². The molecule has 0 saturated heterocycles. The molecule has 3 aromatic carbocycles. The molecule has 0 fully saturated rings. The van der Waals surface area contributed by atoms with E-state index in [0.29, 0.717) is 6.42 Å². The van der Waals surface area contributed by atoms with Gasteiger partial charge in [-0.2, -0.15) is 0 Å². The van der Waals surface area contributed by atoms with Crippen LogP contribution in [0.1, 0.15) is 38.3 Å². The van der Waals surface area contributed by atoms with E-state index in [-0.39, 0.29) is 37.1 Å². The number of fused-ring (bicyclic) bond motifs is 1. The first-order valence-corrected chi connectivity index (χ1v) is 14.3. The lowest BCUT2D eigenvalue weighted by Gasteiger charge is -2.34. The van der Waals surface area contributed by atoms with Crippen LogP contribution in [0, 0.1) is 0 Å². The van der Waals surface area contributed by atoms with Crippen molar-refractivity contribution in [2.45, 2.75) is 63.8 Å². The summed E-state index contributed by atoms with van der Waals surface area (Å²) < 4.78 is 0. The van der Waals surface area contributed by atoms with E-state index < -0.39 is 23.7 Å². The Labute approximate surface area is 249 Å². The second-order valence-corrected chi connectivity index (χ2v) is 11.7. The highest BCUT2D eigenvalue weighted by Crippen LogP contribution is 2.20. The van der Waals surface area contributed by atoms with Crippen molar-refractivity contribution in [1.29, 1.82) is 0 Å². The topological polar surface area (TPSA) is 116 Å². The van der Waals surface area contributed by atoms with Gasteiger partial charge in [-0.25, -0.2) is 0 Å². The third-order valence-electron chi connectivity index (χ3n) is 7.21. The van der Waals surface area contributed by atoms with Crippen LogP contribution in [0.25, 0.3) is 10.8 Å². The molecule has 0 aliphatic rings. The normalized spacial score (nSPS) is 13.9. The first-order valence-electron chi connectivity index (χ1n) is 14.3. The number of carbonyl (C=O) groups is 3. The number of hydrogen-bond donors (Lipinski definition) is 3. The lowest BCUT2D eigenvalue weighted by atomic mass is 9.98. The smallest absolute Gasteiger partial charge is 0.246 e. The van der Waals surface area contributed by atoms with E-state index in [0.717, 1.165) is 21.9 Å². The molecule has 3 aromatic rings. The summed E-state index contributed by atoms with van der Waals surface area (Å²) >= 11 is 0. The molecule has 3 atom stereocenters. The van der Waals surface area contributed by atoms with E-state index in [9.17, 15) is 19.5 Å². The zero-order valence-electron chi connectivity index (χ0n) is 25.3. The molecule has 0 heterocycles. The number of aliphatic hydroxyl groups excluding tert-OH is 1. The van der Waals surface area contributed by atoms with Crippen LogP contribution in [-0.4, -0.2) is 77.0 Å². The number of carbonyl (C=O) groups excluding carboxylic acids is 3. The van der Waals surface area contributed by atoms with Gasteiger partial charge in [0.1, 0.15) is 12.1 Å². The molecular formula is C34H44N4O4. The molecule has 0 aromatic heterocycles. The second kappa shape index (κ2) is 14.8. The summed E-state index contributed by atoms with van der Waals surface area (Å²) in [7, 11) is 3.20. The Balaban J connectivity index is 1.95. The van der Waals surface area contributed by atoms with Gasteiger partial charge in [0.2, 0.25) is 17.7 Å². The molecule has 0 radical (unpaired) electrons. The van der Waals surface area contributed by atoms with Crippen molar-refractivity contribution in [2.24, 2.45) is 5.73 Å². The second-order valence-electron chi connectivity index (χ2n) is 11.7. The van der Waals surface area contributed by atoms with Crippen molar-refractivity contribution in [2.75, 3.05) is 20.6 Å². The third kappa shape index (κ3) is 9.53. The van der Waals surface area contributed by atoms with Crippen LogP contribution < -0.4 is 11.1 Å². The predicted molar refractivity (Wildman–Crippen MR) is 168 cm³/mol. The number of likely N-dealkylation sites (N-methyl/N-ethyl adjacent to an activating group) is 2. The van der Waals surface area contributed by atoms with Gasteiger partial charge in [-0.05, 0) is 55.2 Å². The SMILES string of the molecule is CC(O)CNC(=O)[C@@H](Cc1ccccc1)N(C)C(=O)[C@@H](Cc1ccc2ccccc2c1)N(C)C(=O)C=CCC(C)(C)N. The van der Waals surface area contributed by atoms with Crippen molar-refractivity contribution >= 4 is 28.5 Å². The molecule has 3 amide bonds. The molecular weight excluding hydrogens is 528 g/mol. The molecule has 1 unspecified atom stereocenters. The monoisotopic (exact) mass is 572 g/mol. The van der Waals surface area contributed by atoms with Crippen LogP contribution in [-0.2, 0) is 27.2 Å². The van der Waals surface area contributed by atoms with Crippen molar-refractivity contribution in [1.82, 2.24) is 15.1 Å². The minimum absolute atomic E-state index is 0.0628. The first kappa shape index (κ1) is 32.5. The molecule has 42 heavy (non-hydrogen) atoms. The standard InChI is InChI=1S/C34H44N4O4/c1-24(39)23-36-32(41)29(21-25-12-7-6-8-13-25)38(5)33(42)30(37(4)31(40)16-11-19-34(2,3)35)22-26-17-18-27-14-9-10-15-28(27)20-26/h6-18,20,24,29-30,39H,19,21-23,35H2,1-5H3,(H,36,41)/t24?,29-,30-/m1/s1. The highest BCUT2D eigenvalue weighted by molar-refractivity contribution is 5.95. The Morgan fingerprint density at radius 2 is 1.50 bits per heavy atom. The summed E-state index contributed by atoms with van der Waals surface area (Å²) in [5.41, 5.74) is 7.38. The average molecular weight is 573 g/mol. The Morgan fingerprint density at radius 1 is 0.881 bits per heavy atom. The lowest BCUT2D eigenvalue weighted by Crippen LogP contribution is -2.56. The zero-order chi connectivity index (χ0) is 30.9. The van der Waals surface area contributed by atoms with Gasteiger partial charge in [0.15, 0.2) is 0 Å². The maximum Gasteiger partial charge on any atom is 0.246 e. The molecule has 0 saturated carbocycles. The van der Waals surface area contributed by atoms with Crippen molar-refractivity contribution < 1.29 is 19.5 Å². The van der Waals surface area contributed by atoms with Crippen LogP contribution in [0.2, 0.25) is 0 Å². The summed E-state index contributed by atoms with van der Waals surface area (Å²) in [6.45, 7) is 5.40. The van der Waals surface area contributed by atoms with Gasteiger partial charge >= 0.3 is 0 Å². The Morgan fingerprint density at radius 3 is 2.14 bits per heavy atom. The number of nitrogens with zero attached hydrogens (tertiary/aromatic N) is 2. The molecule has 4 N–H and O–H groups in total. The first-order chi connectivity index (χ1) is 19.9. The third-order valence-corrected chi connectivity index (χ3v) is 7.21. The fourth-order valence-electron chi connectivity index (χ4n) is 4.71. The maximum atomic E-state index is 14.2. The molecule has 0 spiro atoms. The summed E-state index contributed by atoms with van der Waals surface area (Å²) in [4.78, 5) is 43.7. The number of amides is 3. The molecule has 8 nitrogen and oxygen atoms in total. The average Bonchev–Trinajstić information content (AvgIpc) is 2.96. The molecule has 0 bridgehead atoms. The van der Waals surface area contributed by atoms with Crippen LogP contribution in [0.15, 0.2) is 84.9 Å². The van der Waals surface area contributed by atoms with Gasteiger partial charge in [-0.1, -0.05) is 78.9 Å². The maximum absolute atomic E-state index is 14.2. The Hall–Kier alpha value is -4.01. The van der Waals surface area contributed by atoms with E-state index >= 15 is 0 Å². The van der Waals surface area contributed by atoms with Crippen LogP contribution in [0.4, 0.5) is 0 Å². The minimum atomic E-state index is -0.873. The number of aliphatic hydroxyl groups is 1. The summed E-state index contributed by atoms with van der Waals surface area (Å²) in [5, 5.41) is 14.6. The number of benzene rings is 3. The Bertz CT molecular complexity index is 1380. The van der Waals surface area contributed by atoms with E-state index in [1.54, 1.807) is 27.1 Å². The number of rotatable bonds is 13. The molecule has 224 valence electrons. The largest absolute Gasteiger partial charge is 0.392 e. The highest BCUT2D eigenvalue weighted by atomic mass is 16.3. The van der Waals surface area contributed by atoms with Gasteiger partial charge in [0, 0.05) is 39.0 Å². The van der Waals surface area contributed by atoms with Crippen LogP contribution >= 0.6 is 0 Å². The Kier molecular flexibility index (Phi) is 11.4. The highest BCUT2D eigenvalue weighted by Gasteiger charge is 2.35. The van der Waals surface area contributed by atoms with E-state index in [1.807, 2.05) is 86.6 Å². The summed E-state index contributed by atoms with van der Waals surface area (Å²) in [6, 6.07) is 21.7. The molecule has 0 aliphatic carbocycles. The fourth-order valence-corrected chi connectivity index (χ4v) is 4.71. The lowest BCUT2D eigenvalue weighted by molar-refractivity contribution is -0.146. The van der Waals surface area contributed by atoms with Gasteiger partial charge in [-0.3, -0.25) is 14.4 Å². The molecule has 8 heteroatoms. The van der Waals surface area contributed by atoms with E-state index in [4.69, 9.17) is 5.73 Å². The van der Waals surface area contributed by atoms with Gasteiger partial charge in [0.25, 0.3) is 0 Å². The van der Waals surface area contributed by atoms with Crippen LogP contribution in [0.5, 0.6) is 0 Å². The fraction of sp³-hybridized carbons (Fsp3) is 0.382. The summed E-state index contributed by atoms with van der Waals surface area (Å²) in [5.74, 6) is -1.07. The predicted octanol–water partition coefficient (Wildman–Crippen LogP) is 3.46. The summed E-state index contributed by atoms with van der Waals surface area (Å²) in [6.07, 6.45) is 3.48. The van der Waals surface area contributed by atoms with E-state index in [2.05, 4.69) is 5.32 Å². The van der Waals surface area contributed by atoms with Gasteiger partial charge < -0.3 is 26.0 Å². The molecule has 3 rings (SSSR count). The van der Waals surface area contributed by atoms with Crippen LogP contribution in [0.3, 0.4) is 0 Å². The minimum Gasteiger partial charge on any atom is -0.392 e. The van der Waals surface area contributed by atoms with Crippen molar-refractivity contribution in [3.05, 3.63) is 96.1 Å². The van der Waals surface area contributed by atoms with E-state index in [1.165, 1.54) is 15.9 Å². The van der Waals surface area contributed by atoms with Crippen molar-refractivity contribution in [3.63, 3.8) is 0 Å². The number of nitrogens with two attached hydrogens (primary N) is 1. The number of hydrogen-bond acceptors (Lipinski definition) is 5. The van der Waals surface area contributed by atoms with Gasteiger partial charge in [-0.15, -0.1) is 0 Å². The molecule has 0 aliphatic heterocycles. The quantitative estimate of drug-likeness (QED) is 0.271. The zero-order valence-corrected chi connectivity index (χ0v) is 25.3.